The molecule has 0 aliphatic rings. The van der Waals surface area contributed by atoms with Gasteiger partial charge in [0.25, 0.3) is 5.91 Å². The number of nitrogens with two attached hydrogens (primary N) is 1. The van der Waals surface area contributed by atoms with Gasteiger partial charge in [0.2, 0.25) is 0 Å². The first-order valence-corrected chi connectivity index (χ1v) is 6.44. The second-order valence-electron chi connectivity index (χ2n) is 3.85. The third-order valence-electron chi connectivity index (χ3n) is 2.45. The lowest BCUT2D eigenvalue weighted by Crippen LogP contribution is -2.30. The lowest BCUT2D eigenvalue weighted by molar-refractivity contribution is 0.0948. The molecule has 2 aromatic rings. The minimum Gasteiger partial charge on any atom is -0.487 e. The molecule has 0 saturated heterocycles. The van der Waals surface area contributed by atoms with E-state index in [1.165, 1.54) is 18.2 Å². The third-order valence-corrected chi connectivity index (χ3v) is 3.06. The zero-order valence-electron chi connectivity index (χ0n) is 10.3. The quantitative estimate of drug-likeness (QED) is 0.508. The summed E-state index contributed by atoms with van der Waals surface area (Å²) in [4.78, 5) is 15.4. The fourth-order valence-corrected chi connectivity index (χ4v) is 1.84. The Bertz CT molecular complexity index is 637. The fraction of sp³-hybridized carbons (Fsp3) is 0.0769. The van der Waals surface area contributed by atoms with Crippen molar-refractivity contribution in [2.24, 2.45) is 5.84 Å². The van der Waals surface area contributed by atoms with Gasteiger partial charge < -0.3 is 4.74 Å². The van der Waals surface area contributed by atoms with Crippen LogP contribution in [0.4, 0.5) is 4.39 Å². The number of carbonyl (C=O) groups excluding carboxylic acids is 1. The number of aromatic nitrogens is 1. The maximum absolute atomic E-state index is 13.1. The van der Waals surface area contributed by atoms with Gasteiger partial charge in [-0.2, -0.15) is 0 Å². The van der Waals surface area contributed by atoms with Crippen LogP contribution < -0.4 is 16.0 Å². The number of benzene rings is 1. The zero-order chi connectivity index (χ0) is 14.5. The number of carbonyl (C=O) groups is 1. The molecule has 3 N–H and O–H groups in total. The Labute approximate surface area is 123 Å². The van der Waals surface area contributed by atoms with Gasteiger partial charge in [0.15, 0.2) is 0 Å². The van der Waals surface area contributed by atoms with E-state index in [-0.39, 0.29) is 18.1 Å². The number of ether oxygens (including phenoxy) is 1. The lowest BCUT2D eigenvalue weighted by atomic mass is 10.3. The van der Waals surface area contributed by atoms with Crippen LogP contribution in [0, 0.1) is 5.82 Å². The molecule has 2 rings (SSSR count). The van der Waals surface area contributed by atoms with Crippen molar-refractivity contribution < 1.29 is 13.9 Å². The van der Waals surface area contributed by atoms with Crippen LogP contribution >= 0.6 is 15.9 Å². The molecule has 0 fully saturated rings. The van der Waals surface area contributed by atoms with Crippen LogP contribution in [-0.2, 0) is 6.61 Å². The molecule has 0 unspecified atom stereocenters. The molecule has 7 heteroatoms. The van der Waals surface area contributed by atoms with Crippen molar-refractivity contribution in [2.75, 3.05) is 0 Å². The van der Waals surface area contributed by atoms with Gasteiger partial charge in [-0.3, -0.25) is 10.2 Å². The second kappa shape index (κ2) is 6.44. The van der Waals surface area contributed by atoms with Gasteiger partial charge >= 0.3 is 0 Å². The Balaban J connectivity index is 2.07. The fourth-order valence-electron chi connectivity index (χ4n) is 1.48. The number of rotatable bonds is 4. The monoisotopic (exact) mass is 339 g/mol. The van der Waals surface area contributed by atoms with E-state index in [0.29, 0.717) is 15.9 Å². The average molecular weight is 340 g/mol. The van der Waals surface area contributed by atoms with Crippen LogP contribution in [0.3, 0.4) is 0 Å². The minimum absolute atomic E-state index is 0.157. The van der Waals surface area contributed by atoms with Crippen LogP contribution in [0.25, 0.3) is 0 Å². The summed E-state index contributed by atoms with van der Waals surface area (Å²) in [6, 6.07) is 9.26. The molecule has 1 aromatic carbocycles. The summed E-state index contributed by atoms with van der Waals surface area (Å²) in [6.45, 7) is 0.157. The van der Waals surface area contributed by atoms with Gasteiger partial charge in [-0.15, -0.1) is 0 Å². The van der Waals surface area contributed by atoms with Crippen LogP contribution in [0.5, 0.6) is 5.75 Å². The third kappa shape index (κ3) is 3.52. The van der Waals surface area contributed by atoms with E-state index in [1.54, 1.807) is 18.2 Å². The van der Waals surface area contributed by atoms with Crippen molar-refractivity contribution in [1.29, 1.82) is 0 Å². The standard InChI is InChI=1S/C13H11BrFN3O2/c14-10-6-9(4-5-11(10)15)20-7-8-2-1-3-12(17-8)13(19)18-16/h1-6H,7,16H2,(H,18,19). The minimum atomic E-state index is -0.476. The Kier molecular flexibility index (Phi) is 4.65. The van der Waals surface area contributed by atoms with Crippen molar-refractivity contribution in [3.8, 4) is 5.75 Å². The summed E-state index contributed by atoms with van der Waals surface area (Å²) in [5.74, 6) is 4.69. The predicted octanol–water partition coefficient (Wildman–Crippen LogP) is 2.17. The highest BCUT2D eigenvalue weighted by Gasteiger charge is 2.07. The van der Waals surface area contributed by atoms with Crippen LogP contribution in [0.15, 0.2) is 40.9 Å². The number of nitrogens with zero attached hydrogens (tertiary/aromatic N) is 1. The van der Waals surface area contributed by atoms with E-state index in [1.807, 2.05) is 5.43 Å². The summed E-state index contributed by atoms with van der Waals surface area (Å²) in [6.07, 6.45) is 0. The topological polar surface area (TPSA) is 77.2 Å². The normalized spacial score (nSPS) is 10.2. The number of halogens is 2. The maximum Gasteiger partial charge on any atom is 0.283 e. The van der Waals surface area contributed by atoms with E-state index in [0.717, 1.165) is 0 Å². The molecule has 1 aromatic heterocycles. The largest absolute Gasteiger partial charge is 0.487 e. The van der Waals surface area contributed by atoms with E-state index >= 15 is 0 Å². The average Bonchev–Trinajstić information content (AvgIpc) is 2.48. The molecule has 0 radical (unpaired) electrons. The molecule has 0 aliphatic heterocycles. The van der Waals surface area contributed by atoms with Gasteiger partial charge in [0, 0.05) is 0 Å². The second-order valence-corrected chi connectivity index (χ2v) is 4.71. The lowest BCUT2D eigenvalue weighted by Gasteiger charge is -2.07. The number of nitrogen functional groups attached to an aromatic ring is 1. The first-order valence-electron chi connectivity index (χ1n) is 5.65. The summed E-state index contributed by atoms with van der Waals surface area (Å²) < 4.78 is 18.9. The summed E-state index contributed by atoms with van der Waals surface area (Å²) >= 11 is 3.07. The van der Waals surface area contributed by atoms with Gasteiger partial charge in [0.05, 0.1) is 10.2 Å². The highest BCUT2D eigenvalue weighted by molar-refractivity contribution is 9.10. The maximum atomic E-state index is 13.1. The Morgan fingerprint density at radius 1 is 1.40 bits per heavy atom. The van der Waals surface area contributed by atoms with Crippen LogP contribution in [0.1, 0.15) is 16.2 Å². The van der Waals surface area contributed by atoms with Crippen molar-refractivity contribution in [3.05, 3.63) is 58.1 Å². The van der Waals surface area contributed by atoms with Gasteiger partial charge in [-0.1, -0.05) is 6.07 Å². The number of hydrogen-bond acceptors (Lipinski definition) is 4. The highest BCUT2D eigenvalue weighted by Crippen LogP contribution is 2.22. The van der Waals surface area contributed by atoms with E-state index in [4.69, 9.17) is 10.6 Å². The van der Waals surface area contributed by atoms with Crippen molar-refractivity contribution in [3.63, 3.8) is 0 Å². The summed E-state index contributed by atoms with van der Waals surface area (Å²) in [7, 11) is 0. The Hall–Kier alpha value is -1.99. The molecular formula is C13H11BrFN3O2. The molecule has 0 atom stereocenters. The molecule has 0 saturated carbocycles. The van der Waals surface area contributed by atoms with Gasteiger partial charge in [-0.05, 0) is 46.3 Å². The number of amides is 1. The number of hydrogen-bond donors (Lipinski definition) is 2. The Morgan fingerprint density at radius 3 is 2.90 bits per heavy atom. The SMILES string of the molecule is NNC(=O)c1cccc(COc2ccc(F)c(Br)c2)n1. The van der Waals surface area contributed by atoms with Crippen molar-refractivity contribution in [1.82, 2.24) is 10.4 Å². The van der Waals surface area contributed by atoms with Crippen LogP contribution in [-0.4, -0.2) is 10.9 Å². The van der Waals surface area contributed by atoms with Gasteiger partial charge in [0.1, 0.15) is 23.9 Å². The molecule has 0 bridgehead atoms. The molecule has 104 valence electrons. The van der Waals surface area contributed by atoms with Crippen LogP contribution in [0.2, 0.25) is 0 Å². The summed E-state index contributed by atoms with van der Waals surface area (Å²) in [5.41, 5.74) is 2.77. The van der Waals surface area contributed by atoms with E-state index < -0.39 is 5.91 Å². The molecular weight excluding hydrogens is 329 g/mol. The van der Waals surface area contributed by atoms with E-state index in [9.17, 15) is 9.18 Å². The van der Waals surface area contributed by atoms with Crippen molar-refractivity contribution >= 4 is 21.8 Å². The first-order chi connectivity index (χ1) is 9.60. The molecule has 0 aliphatic carbocycles. The molecule has 20 heavy (non-hydrogen) atoms. The molecule has 5 nitrogen and oxygen atoms in total. The molecule has 1 heterocycles. The van der Waals surface area contributed by atoms with Gasteiger partial charge in [-0.25, -0.2) is 15.2 Å². The summed E-state index contributed by atoms with van der Waals surface area (Å²) in [5, 5.41) is 0. The van der Waals surface area contributed by atoms with E-state index in [2.05, 4.69) is 20.9 Å². The molecule has 1 amide bonds. The number of pyridine rings is 1. The zero-order valence-corrected chi connectivity index (χ0v) is 11.9. The Morgan fingerprint density at radius 2 is 2.20 bits per heavy atom. The smallest absolute Gasteiger partial charge is 0.283 e. The predicted molar refractivity (Wildman–Crippen MR) is 74.3 cm³/mol. The highest BCUT2D eigenvalue weighted by atomic mass is 79.9. The number of nitrogens with one attached hydrogen (secondary N) is 1. The first kappa shape index (κ1) is 14.4. The van der Waals surface area contributed by atoms with Crippen molar-refractivity contribution in [2.45, 2.75) is 6.61 Å². The number of hydrazine groups is 1. The molecule has 0 spiro atoms.